The maximum atomic E-state index is 11.1. The average Bonchev–Trinajstić information content (AvgIpc) is 2.15. The number of nitrogens with two attached hydrogens (primary N) is 1. The quantitative estimate of drug-likeness (QED) is 0.844. The molecular formula is C9H9BrClNO2. The summed E-state index contributed by atoms with van der Waals surface area (Å²) in [6.45, 7) is 0. The van der Waals surface area contributed by atoms with Crippen molar-refractivity contribution in [2.45, 2.75) is 6.04 Å². The molecule has 0 bridgehead atoms. The SMILES string of the molecule is COC(=O)[C@@H](N)c1ccc(Cl)cc1Br. The number of rotatable bonds is 2. The van der Waals surface area contributed by atoms with Crippen molar-refractivity contribution in [3.63, 3.8) is 0 Å². The van der Waals surface area contributed by atoms with Crippen LogP contribution in [0.25, 0.3) is 0 Å². The Morgan fingerprint density at radius 3 is 2.79 bits per heavy atom. The molecule has 0 aliphatic rings. The van der Waals surface area contributed by atoms with Crippen molar-refractivity contribution < 1.29 is 9.53 Å². The molecule has 0 unspecified atom stereocenters. The lowest BCUT2D eigenvalue weighted by molar-refractivity contribution is -0.142. The van der Waals surface area contributed by atoms with Gasteiger partial charge in [-0.15, -0.1) is 0 Å². The Morgan fingerprint density at radius 1 is 1.64 bits per heavy atom. The summed E-state index contributed by atoms with van der Waals surface area (Å²) >= 11 is 9.02. The molecule has 5 heteroatoms. The van der Waals surface area contributed by atoms with Gasteiger partial charge in [0.1, 0.15) is 6.04 Å². The second-order valence-electron chi connectivity index (χ2n) is 2.67. The molecule has 0 aliphatic carbocycles. The van der Waals surface area contributed by atoms with E-state index >= 15 is 0 Å². The third-order valence-corrected chi connectivity index (χ3v) is 2.67. The van der Waals surface area contributed by atoms with Crippen LogP contribution in [0.5, 0.6) is 0 Å². The molecule has 1 rings (SSSR count). The fraction of sp³-hybridized carbons (Fsp3) is 0.222. The summed E-state index contributed by atoms with van der Waals surface area (Å²) in [6, 6.07) is 4.25. The van der Waals surface area contributed by atoms with Gasteiger partial charge in [0, 0.05) is 9.50 Å². The molecule has 0 aliphatic heterocycles. The highest BCUT2D eigenvalue weighted by Crippen LogP contribution is 2.26. The van der Waals surface area contributed by atoms with E-state index in [0.29, 0.717) is 15.1 Å². The summed E-state index contributed by atoms with van der Waals surface area (Å²) in [5.41, 5.74) is 6.31. The standard InChI is InChI=1S/C9H9BrClNO2/c1-14-9(13)8(12)6-3-2-5(11)4-7(6)10/h2-4,8H,12H2,1H3/t8-/m0/s1. The van der Waals surface area contributed by atoms with Gasteiger partial charge in [-0.2, -0.15) is 0 Å². The van der Waals surface area contributed by atoms with E-state index in [1.54, 1.807) is 18.2 Å². The van der Waals surface area contributed by atoms with Gasteiger partial charge in [0.15, 0.2) is 0 Å². The molecule has 3 nitrogen and oxygen atoms in total. The van der Waals surface area contributed by atoms with Crippen molar-refractivity contribution >= 4 is 33.5 Å². The summed E-state index contributed by atoms with van der Waals surface area (Å²) in [5.74, 6) is -0.479. The zero-order valence-corrected chi connectivity index (χ0v) is 9.80. The number of carbonyl (C=O) groups is 1. The maximum Gasteiger partial charge on any atom is 0.327 e. The molecule has 2 N–H and O–H groups in total. The molecule has 0 saturated heterocycles. The van der Waals surface area contributed by atoms with Crippen LogP contribution in [0.3, 0.4) is 0 Å². The fourth-order valence-electron chi connectivity index (χ4n) is 1.01. The highest BCUT2D eigenvalue weighted by molar-refractivity contribution is 9.10. The summed E-state index contributed by atoms with van der Waals surface area (Å²) < 4.78 is 5.23. The molecular weight excluding hydrogens is 269 g/mol. The monoisotopic (exact) mass is 277 g/mol. The Hall–Kier alpha value is -0.580. The third-order valence-electron chi connectivity index (χ3n) is 1.75. The van der Waals surface area contributed by atoms with Gasteiger partial charge in [0.25, 0.3) is 0 Å². The smallest absolute Gasteiger partial charge is 0.327 e. The summed E-state index contributed by atoms with van der Waals surface area (Å²) in [4.78, 5) is 11.1. The summed E-state index contributed by atoms with van der Waals surface area (Å²) in [6.07, 6.45) is 0. The van der Waals surface area contributed by atoms with Gasteiger partial charge >= 0.3 is 5.97 Å². The van der Waals surface area contributed by atoms with Crippen molar-refractivity contribution in [3.05, 3.63) is 33.3 Å². The zero-order chi connectivity index (χ0) is 10.7. The second kappa shape index (κ2) is 4.77. The minimum absolute atomic E-state index is 0.479. The van der Waals surface area contributed by atoms with Crippen molar-refractivity contribution in [1.82, 2.24) is 0 Å². The molecule has 76 valence electrons. The Morgan fingerprint density at radius 2 is 2.29 bits per heavy atom. The first-order valence-corrected chi connectivity index (χ1v) is 5.01. The highest BCUT2D eigenvalue weighted by Gasteiger charge is 2.18. The second-order valence-corrected chi connectivity index (χ2v) is 3.96. The topological polar surface area (TPSA) is 52.3 Å². The number of ether oxygens (including phenoxy) is 1. The van der Waals surface area contributed by atoms with Crippen LogP contribution < -0.4 is 5.73 Å². The normalized spacial score (nSPS) is 12.3. The first kappa shape index (κ1) is 11.5. The van der Waals surface area contributed by atoms with E-state index in [9.17, 15) is 4.79 Å². The molecule has 1 atom stereocenters. The van der Waals surface area contributed by atoms with Crippen LogP contribution in [0.4, 0.5) is 0 Å². The largest absolute Gasteiger partial charge is 0.468 e. The zero-order valence-electron chi connectivity index (χ0n) is 7.46. The van der Waals surface area contributed by atoms with Gasteiger partial charge in [-0.05, 0) is 17.7 Å². The van der Waals surface area contributed by atoms with Gasteiger partial charge < -0.3 is 10.5 Å². The number of hydrogen-bond donors (Lipinski definition) is 1. The Balaban J connectivity index is 3.01. The molecule has 1 aromatic rings. The molecule has 14 heavy (non-hydrogen) atoms. The van der Waals surface area contributed by atoms with Gasteiger partial charge in [-0.1, -0.05) is 33.6 Å². The van der Waals surface area contributed by atoms with E-state index in [4.69, 9.17) is 17.3 Å². The number of methoxy groups -OCH3 is 1. The molecule has 0 radical (unpaired) electrons. The lowest BCUT2D eigenvalue weighted by Gasteiger charge is -2.11. The molecule has 0 aromatic heterocycles. The van der Waals surface area contributed by atoms with E-state index in [2.05, 4.69) is 20.7 Å². The predicted molar refractivity (Wildman–Crippen MR) is 58.1 cm³/mol. The van der Waals surface area contributed by atoms with Crippen LogP contribution in [0.2, 0.25) is 5.02 Å². The average molecular weight is 279 g/mol. The van der Waals surface area contributed by atoms with Crippen LogP contribution >= 0.6 is 27.5 Å². The molecule has 0 fully saturated rings. The highest BCUT2D eigenvalue weighted by atomic mass is 79.9. The van der Waals surface area contributed by atoms with Gasteiger partial charge in [-0.25, -0.2) is 0 Å². The third kappa shape index (κ3) is 2.47. The molecule has 1 aromatic carbocycles. The number of benzene rings is 1. The number of esters is 1. The Kier molecular flexibility index (Phi) is 3.92. The van der Waals surface area contributed by atoms with Crippen LogP contribution in [-0.4, -0.2) is 13.1 Å². The van der Waals surface area contributed by atoms with Gasteiger partial charge in [0.05, 0.1) is 7.11 Å². The van der Waals surface area contributed by atoms with Crippen molar-refractivity contribution in [2.24, 2.45) is 5.73 Å². The lowest BCUT2D eigenvalue weighted by atomic mass is 10.1. The van der Waals surface area contributed by atoms with Crippen molar-refractivity contribution in [1.29, 1.82) is 0 Å². The Bertz CT molecular complexity index is 357. The fourth-order valence-corrected chi connectivity index (χ4v) is 1.94. The minimum atomic E-state index is -0.786. The Labute approximate surface area is 95.3 Å². The number of halogens is 2. The van der Waals surface area contributed by atoms with E-state index < -0.39 is 12.0 Å². The van der Waals surface area contributed by atoms with E-state index in [1.807, 2.05) is 0 Å². The number of hydrogen-bond acceptors (Lipinski definition) is 3. The van der Waals surface area contributed by atoms with Crippen LogP contribution in [0.15, 0.2) is 22.7 Å². The lowest BCUT2D eigenvalue weighted by Crippen LogP contribution is -2.22. The summed E-state index contributed by atoms with van der Waals surface area (Å²) in [7, 11) is 1.30. The van der Waals surface area contributed by atoms with Crippen LogP contribution in [0.1, 0.15) is 11.6 Å². The van der Waals surface area contributed by atoms with Crippen LogP contribution in [-0.2, 0) is 9.53 Å². The van der Waals surface area contributed by atoms with E-state index in [0.717, 1.165) is 0 Å². The minimum Gasteiger partial charge on any atom is -0.468 e. The summed E-state index contributed by atoms with van der Waals surface area (Å²) in [5, 5.41) is 0.581. The molecule has 0 heterocycles. The molecule has 0 spiro atoms. The van der Waals surface area contributed by atoms with Crippen LogP contribution in [0, 0.1) is 0 Å². The first-order chi connectivity index (χ1) is 6.56. The van der Waals surface area contributed by atoms with E-state index in [1.165, 1.54) is 7.11 Å². The molecule has 0 saturated carbocycles. The first-order valence-electron chi connectivity index (χ1n) is 3.84. The van der Waals surface area contributed by atoms with Gasteiger partial charge in [0.2, 0.25) is 0 Å². The van der Waals surface area contributed by atoms with Gasteiger partial charge in [-0.3, -0.25) is 4.79 Å². The predicted octanol–water partition coefficient (Wildman–Crippen LogP) is 2.28. The van der Waals surface area contributed by atoms with E-state index in [-0.39, 0.29) is 0 Å². The van der Waals surface area contributed by atoms with Crippen molar-refractivity contribution in [2.75, 3.05) is 7.11 Å². The molecule has 0 amide bonds. The van der Waals surface area contributed by atoms with Crippen molar-refractivity contribution in [3.8, 4) is 0 Å². The maximum absolute atomic E-state index is 11.1. The number of carbonyl (C=O) groups excluding carboxylic acids is 1.